The maximum atomic E-state index is 12.1. The molecular weight excluding hydrogens is 328 g/mol. The van der Waals surface area contributed by atoms with Crippen LogP contribution in [-0.4, -0.2) is 24.1 Å². The van der Waals surface area contributed by atoms with Crippen molar-refractivity contribution in [3.8, 4) is 0 Å². The molecule has 0 heterocycles. The normalized spacial score (nSPS) is 13.1. The molecule has 0 aliphatic heterocycles. The highest BCUT2D eigenvalue weighted by Crippen LogP contribution is 2.34. The van der Waals surface area contributed by atoms with Gasteiger partial charge in [-0.3, -0.25) is 9.59 Å². The lowest BCUT2D eigenvalue weighted by atomic mass is 9.75. The summed E-state index contributed by atoms with van der Waals surface area (Å²) in [4.78, 5) is 24.0. The molecule has 1 unspecified atom stereocenters. The fraction of sp³-hybridized carbons (Fsp3) is 0.909. The molecule has 0 saturated carbocycles. The van der Waals surface area contributed by atoms with Crippen LogP contribution in [0.5, 0.6) is 0 Å². The Morgan fingerprint density at radius 3 is 1.54 bits per heavy atom. The van der Waals surface area contributed by atoms with E-state index < -0.39 is 0 Å². The van der Waals surface area contributed by atoms with E-state index in [0.717, 1.165) is 44.9 Å². The SMILES string of the molecule is CCC(CC)OC(=O)CCCC(CCC(=O)OC(CC)CC)C(C)(C)C. The van der Waals surface area contributed by atoms with Crippen LogP contribution in [0.25, 0.3) is 0 Å². The van der Waals surface area contributed by atoms with E-state index in [1.807, 2.05) is 27.7 Å². The minimum Gasteiger partial charge on any atom is -0.462 e. The van der Waals surface area contributed by atoms with Gasteiger partial charge in [0.2, 0.25) is 0 Å². The summed E-state index contributed by atoms with van der Waals surface area (Å²) < 4.78 is 11.0. The van der Waals surface area contributed by atoms with Gasteiger partial charge < -0.3 is 9.47 Å². The first-order chi connectivity index (χ1) is 12.2. The van der Waals surface area contributed by atoms with E-state index in [9.17, 15) is 9.59 Å². The summed E-state index contributed by atoms with van der Waals surface area (Å²) in [7, 11) is 0. The molecule has 0 aliphatic carbocycles. The molecule has 0 spiro atoms. The van der Waals surface area contributed by atoms with E-state index in [1.165, 1.54) is 0 Å². The molecule has 0 N–H and O–H groups in total. The van der Waals surface area contributed by atoms with E-state index in [-0.39, 0.29) is 29.6 Å². The molecule has 0 amide bonds. The third-order valence-electron chi connectivity index (χ3n) is 5.27. The molecule has 154 valence electrons. The second-order valence-electron chi connectivity index (χ2n) is 8.35. The molecule has 0 radical (unpaired) electrons. The summed E-state index contributed by atoms with van der Waals surface area (Å²) in [5, 5.41) is 0. The van der Waals surface area contributed by atoms with Crippen molar-refractivity contribution in [2.75, 3.05) is 0 Å². The summed E-state index contributed by atoms with van der Waals surface area (Å²) >= 11 is 0. The van der Waals surface area contributed by atoms with Crippen LogP contribution in [0.3, 0.4) is 0 Å². The highest BCUT2D eigenvalue weighted by atomic mass is 16.5. The molecule has 0 aromatic heterocycles. The van der Waals surface area contributed by atoms with Crippen LogP contribution in [0.15, 0.2) is 0 Å². The number of hydrogen-bond acceptors (Lipinski definition) is 4. The van der Waals surface area contributed by atoms with Crippen molar-refractivity contribution in [2.24, 2.45) is 11.3 Å². The van der Waals surface area contributed by atoms with E-state index >= 15 is 0 Å². The lowest BCUT2D eigenvalue weighted by Crippen LogP contribution is -2.23. The Morgan fingerprint density at radius 2 is 1.15 bits per heavy atom. The van der Waals surface area contributed by atoms with Crippen LogP contribution in [0, 0.1) is 11.3 Å². The van der Waals surface area contributed by atoms with Gasteiger partial charge >= 0.3 is 11.9 Å². The Balaban J connectivity index is 4.38. The van der Waals surface area contributed by atoms with E-state index in [0.29, 0.717) is 18.8 Å². The molecule has 0 aliphatic rings. The predicted octanol–water partition coefficient (Wildman–Crippen LogP) is 6.06. The van der Waals surface area contributed by atoms with Crippen LogP contribution in [0.4, 0.5) is 0 Å². The molecular formula is C22H42O4. The van der Waals surface area contributed by atoms with E-state index in [2.05, 4.69) is 20.8 Å². The molecule has 4 nitrogen and oxygen atoms in total. The fourth-order valence-corrected chi connectivity index (χ4v) is 3.20. The van der Waals surface area contributed by atoms with E-state index in [4.69, 9.17) is 9.47 Å². The van der Waals surface area contributed by atoms with Crippen molar-refractivity contribution >= 4 is 11.9 Å². The molecule has 4 heteroatoms. The van der Waals surface area contributed by atoms with Crippen molar-refractivity contribution in [3.63, 3.8) is 0 Å². The minimum atomic E-state index is -0.0977. The zero-order chi connectivity index (χ0) is 20.2. The van der Waals surface area contributed by atoms with Gasteiger partial charge in [-0.25, -0.2) is 0 Å². The molecule has 0 saturated heterocycles. The third kappa shape index (κ3) is 10.8. The Bertz CT molecular complexity index is 389. The highest BCUT2D eigenvalue weighted by Gasteiger charge is 2.26. The lowest BCUT2D eigenvalue weighted by molar-refractivity contribution is -0.151. The highest BCUT2D eigenvalue weighted by molar-refractivity contribution is 5.70. The number of carbonyl (C=O) groups excluding carboxylic acids is 2. The molecule has 0 aromatic rings. The largest absolute Gasteiger partial charge is 0.462 e. The van der Waals surface area contributed by atoms with Gasteiger partial charge in [-0.2, -0.15) is 0 Å². The van der Waals surface area contributed by atoms with Crippen LogP contribution >= 0.6 is 0 Å². The Hall–Kier alpha value is -1.06. The number of ether oxygens (including phenoxy) is 2. The zero-order valence-corrected chi connectivity index (χ0v) is 18.2. The van der Waals surface area contributed by atoms with Crippen LogP contribution < -0.4 is 0 Å². The van der Waals surface area contributed by atoms with E-state index in [1.54, 1.807) is 0 Å². The molecule has 0 rings (SSSR count). The molecule has 0 bridgehead atoms. The second kappa shape index (κ2) is 13.2. The van der Waals surface area contributed by atoms with Gasteiger partial charge in [-0.15, -0.1) is 0 Å². The summed E-state index contributed by atoms with van der Waals surface area (Å²) in [6.45, 7) is 14.8. The first-order valence-electron chi connectivity index (χ1n) is 10.6. The van der Waals surface area contributed by atoms with Gasteiger partial charge in [-0.05, 0) is 56.3 Å². The first-order valence-corrected chi connectivity index (χ1v) is 10.6. The first kappa shape index (κ1) is 24.9. The third-order valence-corrected chi connectivity index (χ3v) is 5.27. The molecule has 0 aromatic carbocycles. The van der Waals surface area contributed by atoms with Gasteiger partial charge in [0, 0.05) is 12.8 Å². The minimum absolute atomic E-state index is 0.0374. The van der Waals surface area contributed by atoms with Gasteiger partial charge in [-0.1, -0.05) is 48.5 Å². The summed E-state index contributed by atoms with van der Waals surface area (Å²) in [6.07, 6.45) is 7.00. The van der Waals surface area contributed by atoms with Crippen molar-refractivity contribution < 1.29 is 19.1 Å². The maximum Gasteiger partial charge on any atom is 0.306 e. The van der Waals surface area contributed by atoms with Crippen molar-refractivity contribution in [1.82, 2.24) is 0 Å². The number of rotatable bonds is 13. The zero-order valence-electron chi connectivity index (χ0n) is 18.2. The quantitative estimate of drug-likeness (QED) is 0.370. The smallest absolute Gasteiger partial charge is 0.306 e. The van der Waals surface area contributed by atoms with Crippen LogP contribution in [-0.2, 0) is 19.1 Å². The van der Waals surface area contributed by atoms with Crippen molar-refractivity contribution in [2.45, 2.75) is 118 Å². The average molecular weight is 371 g/mol. The predicted molar refractivity (Wildman–Crippen MR) is 107 cm³/mol. The average Bonchev–Trinajstić information content (AvgIpc) is 2.59. The maximum absolute atomic E-state index is 12.1. The van der Waals surface area contributed by atoms with Crippen LogP contribution in [0.1, 0.15) is 106 Å². The van der Waals surface area contributed by atoms with Crippen molar-refractivity contribution in [1.29, 1.82) is 0 Å². The number of hydrogen-bond donors (Lipinski definition) is 0. The molecule has 1 atom stereocenters. The monoisotopic (exact) mass is 370 g/mol. The molecule has 0 fully saturated rings. The van der Waals surface area contributed by atoms with Gasteiger partial charge in [0.25, 0.3) is 0 Å². The standard InChI is InChI=1S/C22H42O4/c1-8-18(9-2)25-20(23)14-12-13-17(22(5,6)7)15-16-21(24)26-19(10-3)11-4/h17-19H,8-16H2,1-7H3. The Morgan fingerprint density at radius 1 is 0.731 bits per heavy atom. The van der Waals surface area contributed by atoms with Crippen molar-refractivity contribution in [3.05, 3.63) is 0 Å². The fourth-order valence-electron chi connectivity index (χ4n) is 3.20. The lowest BCUT2D eigenvalue weighted by Gasteiger charge is -2.31. The number of esters is 2. The molecule has 26 heavy (non-hydrogen) atoms. The van der Waals surface area contributed by atoms with Gasteiger partial charge in [0.05, 0.1) is 0 Å². The van der Waals surface area contributed by atoms with Gasteiger partial charge in [0.15, 0.2) is 0 Å². The Labute approximate surface area is 161 Å². The van der Waals surface area contributed by atoms with Crippen LogP contribution in [0.2, 0.25) is 0 Å². The Kier molecular flexibility index (Phi) is 12.6. The topological polar surface area (TPSA) is 52.6 Å². The summed E-state index contributed by atoms with van der Waals surface area (Å²) in [5.41, 5.74) is 0.106. The number of carbonyl (C=O) groups is 2. The second-order valence-corrected chi connectivity index (χ2v) is 8.35. The summed E-state index contributed by atoms with van der Waals surface area (Å²) in [6, 6.07) is 0. The van der Waals surface area contributed by atoms with Gasteiger partial charge in [0.1, 0.15) is 12.2 Å². The summed E-state index contributed by atoms with van der Waals surface area (Å²) in [5.74, 6) is 0.193.